The molecule has 13 aliphatic carbocycles. The number of hydrogen-bond donors (Lipinski definition) is 3. The molecule has 0 aliphatic heterocycles. The second-order valence-electron chi connectivity index (χ2n) is 42.9. The van der Waals surface area contributed by atoms with Crippen LogP contribution in [0, 0.1) is 107 Å². The highest BCUT2D eigenvalue weighted by Crippen LogP contribution is 2.62. The fourth-order valence-corrected chi connectivity index (χ4v) is 25.0. The molecular weight excluding hydrogens is 1870 g/mol. The summed E-state index contributed by atoms with van der Waals surface area (Å²) in [5.41, 5.74) is -9.01. The van der Waals surface area contributed by atoms with Gasteiger partial charge >= 0.3 is 66.5 Å². The SMILES string of the molecule is C=C(C)C(=O)OC.C=C(C)C(=O)OC.C=C(C)C(=O)Oc1ccc(C(C)(C)O)cc1.C=COC.C=COC.C=COC1C2CCCCC2C(C(C)(O)C(F)(F)F)C2CCCCC21.C=COC1CCC(C(C)(O)C(F)(F)F)C2CCCCC12.CC(=O)OC(C)(CC1CC2CCC1C2)C(F)(F)F.CC(=O)OC(C)(CC1CC2CCC1C2)C(F)(F)F.CC(=O)OC1(C)CC2CCC1C2.CC(=O)OC1(C)CC2CCC1C2. The number of esters is 7. The maximum atomic E-state index is 13.7. The summed E-state index contributed by atoms with van der Waals surface area (Å²) in [6, 6.07) is 6.74. The van der Waals surface area contributed by atoms with Gasteiger partial charge in [0.25, 0.3) is 0 Å². The van der Waals surface area contributed by atoms with Crippen LogP contribution in [-0.2, 0) is 86.5 Å². The van der Waals surface area contributed by atoms with Gasteiger partial charge in [0, 0.05) is 50.3 Å². The maximum Gasteiger partial charge on any atom is 0.428 e. The second kappa shape index (κ2) is 55.1. The average Bonchev–Trinajstić information content (AvgIpc) is 1.14. The number of ether oxygens (including phenoxy) is 11. The van der Waals surface area contributed by atoms with Gasteiger partial charge in [-0.1, -0.05) is 110 Å². The molecule has 812 valence electrons. The highest BCUT2D eigenvalue weighted by Gasteiger charge is 2.66. The monoisotopic (exact) mass is 2040 g/mol. The zero-order chi connectivity index (χ0) is 108. The van der Waals surface area contributed by atoms with E-state index >= 15 is 0 Å². The molecule has 0 amide bonds. The van der Waals surface area contributed by atoms with Crippen molar-refractivity contribution in [2.75, 3.05) is 28.4 Å². The number of methoxy groups -OCH3 is 4. The summed E-state index contributed by atoms with van der Waals surface area (Å²) in [7, 11) is 5.79. The third kappa shape index (κ3) is 36.2. The number of aliphatic hydroxyl groups is 3. The molecule has 21 nitrogen and oxygen atoms in total. The molecule has 0 aromatic heterocycles. The van der Waals surface area contributed by atoms with Crippen molar-refractivity contribution in [3.05, 3.63) is 118 Å². The predicted octanol–water partition coefficient (Wildman–Crippen LogP) is 26.2. The number of benzene rings is 1. The van der Waals surface area contributed by atoms with Crippen molar-refractivity contribution in [1.82, 2.24) is 0 Å². The zero-order valence-electron chi connectivity index (χ0n) is 87.5. The van der Waals surface area contributed by atoms with Crippen LogP contribution >= 0.6 is 0 Å². The largest absolute Gasteiger partial charge is 0.505 e. The lowest BCUT2D eigenvalue weighted by Gasteiger charge is -2.58. The standard InChI is InChI=1S/C19H29F3O2.C15H23F3O2.2C13H19F3O2.C13H16O3.2C10H16O2.2C5H8O2.2C3H6O/c1-3-24-17-14-10-6-4-8-12(14)16(18(2,23)19(20,21)22)13-9-5-7-11-15(13)17;1-3-20-13-9-8-12(14(2,19)15(16,17)18)10-6-4-5-7-11(10)13;2*1-8(17)18-12(2,13(14,15)16)7-11-6-9-3-4-10(11)5-9;1-9(2)12(14)16-11-7-5-10(6-8-11)13(3,4)15;2*1-7(11)12-10(2)6-8-3-4-9(10)5-8;2*1-4(2)5(6)7-3;2*1-3-4-2/h3,12-17,23H,1,4-11H2,2H3;3,10-13,19H,1,4-9H2,2H3;2*9-11H,3-7H2,1-2H3;5-8,15H,1H2,2-4H3;2*8-9H,3-6H2,1-2H3;2*1H2,2-3H3;2*3H,1H2,2H3. The van der Waals surface area contributed by atoms with E-state index in [2.05, 4.69) is 88.3 Å². The first-order valence-electron chi connectivity index (χ1n) is 50.2. The molecule has 0 radical (unpaired) electrons. The minimum atomic E-state index is -4.59. The molecular formula is C109H166F12O21. The summed E-state index contributed by atoms with van der Waals surface area (Å²) in [6.45, 7) is 45.3. The van der Waals surface area contributed by atoms with E-state index in [0.717, 1.165) is 200 Å². The van der Waals surface area contributed by atoms with E-state index in [-0.39, 0.29) is 107 Å². The van der Waals surface area contributed by atoms with Gasteiger partial charge in [0.15, 0.2) is 11.2 Å². The van der Waals surface area contributed by atoms with Gasteiger partial charge in [-0.05, 0) is 349 Å². The van der Waals surface area contributed by atoms with E-state index in [1.54, 1.807) is 73.1 Å². The van der Waals surface area contributed by atoms with E-state index in [1.807, 2.05) is 0 Å². The molecule has 0 saturated heterocycles. The van der Waals surface area contributed by atoms with E-state index in [1.165, 1.54) is 91.6 Å². The van der Waals surface area contributed by atoms with Crippen LogP contribution in [0.1, 0.15) is 315 Å². The van der Waals surface area contributed by atoms with Crippen molar-refractivity contribution in [3.8, 4) is 5.75 Å². The molecule has 0 spiro atoms. The Morgan fingerprint density at radius 3 is 1.00 bits per heavy atom. The number of fused-ring (bicyclic) bond motifs is 11. The van der Waals surface area contributed by atoms with Crippen LogP contribution in [0.25, 0.3) is 0 Å². The maximum absolute atomic E-state index is 13.7. The summed E-state index contributed by atoms with van der Waals surface area (Å²) in [5.74, 6) is 0.918. The molecule has 33 heteroatoms. The van der Waals surface area contributed by atoms with Crippen molar-refractivity contribution in [3.63, 3.8) is 0 Å². The van der Waals surface area contributed by atoms with Gasteiger partial charge in [0.1, 0.15) is 29.2 Å². The lowest BCUT2D eigenvalue weighted by Crippen LogP contribution is -2.62. The van der Waals surface area contributed by atoms with Gasteiger partial charge in [-0.3, -0.25) is 19.2 Å². The number of halogens is 12. The Morgan fingerprint density at radius 2 is 0.739 bits per heavy atom. The van der Waals surface area contributed by atoms with Gasteiger partial charge in [-0.25, -0.2) is 14.4 Å². The van der Waals surface area contributed by atoms with Crippen molar-refractivity contribution in [1.29, 1.82) is 0 Å². The highest BCUT2D eigenvalue weighted by atomic mass is 19.4. The summed E-state index contributed by atoms with van der Waals surface area (Å²) in [4.78, 5) is 75.2. The zero-order valence-corrected chi connectivity index (χ0v) is 87.5. The van der Waals surface area contributed by atoms with Crippen molar-refractivity contribution < 1.29 is 154 Å². The molecule has 1 aromatic rings. The predicted molar refractivity (Wildman–Crippen MR) is 517 cm³/mol. The highest BCUT2D eigenvalue weighted by molar-refractivity contribution is 5.89. The first kappa shape index (κ1) is 126. The van der Waals surface area contributed by atoms with Gasteiger partial charge in [-0.2, -0.15) is 52.7 Å². The summed E-state index contributed by atoms with van der Waals surface area (Å²) < 4.78 is 212. The Labute approximate surface area is 835 Å². The van der Waals surface area contributed by atoms with Crippen molar-refractivity contribution in [2.24, 2.45) is 107 Å². The first-order chi connectivity index (χ1) is 65.7. The van der Waals surface area contributed by atoms with E-state index in [9.17, 15) is 102 Å². The van der Waals surface area contributed by atoms with Gasteiger partial charge < -0.3 is 67.4 Å². The molecule has 13 aliphatic rings. The summed E-state index contributed by atoms with van der Waals surface area (Å²) >= 11 is 0. The van der Waals surface area contributed by atoms with E-state index < -0.39 is 82.5 Å². The van der Waals surface area contributed by atoms with Crippen LogP contribution in [0.2, 0.25) is 0 Å². The molecule has 142 heavy (non-hydrogen) atoms. The fourth-order valence-electron chi connectivity index (χ4n) is 25.0. The van der Waals surface area contributed by atoms with Crippen LogP contribution in [0.5, 0.6) is 5.75 Å². The Morgan fingerprint density at radius 1 is 0.394 bits per heavy atom. The number of carbonyl (C=O) groups is 7. The minimum absolute atomic E-state index is 0.0293. The fraction of sp³-hybridized carbons (Fsp3) is 0.752. The molecule has 13 saturated carbocycles. The molecule has 13 fully saturated rings. The number of alkyl halides is 12. The van der Waals surface area contributed by atoms with Gasteiger partial charge in [-0.15, -0.1) is 0 Å². The molecule has 14 rings (SSSR count). The third-order valence-corrected chi connectivity index (χ3v) is 31.7. The van der Waals surface area contributed by atoms with E-state index in [4.69, 9.17) is 23.7 Å². The van der Waals surface area contributed by atoms with Crippen LogP contribution in [-0.4, -0.2) is 156 Å². The van der Waals surface area contributed by atoms with Crippen LogP contribution in [0.15, 0.2) is 112 Å². The lowest BCUT2D eigenvalue weighted by atomic mass is 9.50. The third-order valence-electron chi connectivity index (χ3n) is 31.7. The molecule has 0 heterocycles. The Hall–Kier alpha value is -8.07. The van der Waals surface area contributed by atoms with E-state index in [0.29, 0.717) is 70.8 Å². The molecule has 24 unspecified atom stereocenters. The van der Waals surface area contributed by atoms with Gasteiger partial charge in [0.05, 0.1) is 59.1 Å². The summed E-state index contributed by atoms with van der Waals surface area (Å²) in [6.07, 6.45) is 17.2. The molecule has 1 aromatic carbocycles. The molecule has 24 atom stereocenters. The lowest BCUT2D eigenvalue weighted by molar-refractivity contribution is -0.302. The van der Waals surface area contributed by atoms with Crippen LogP contribution < -0.4 is 4.74 Å². The Balaban J connectivity index is 0.000000336. The quantitative estimate of drug-likeness (QED) is 0.0257. The Kier molecular flexibility index (Phi) is 49.0. The van der Waals surface area contributed by atoms with Crippen LogP contribution in [0.4, 0.5) is 52.7 Å². The van der Waals surface area contributed by atoms with Crippen molar-refractivity contribution in [2.45, 2.75) is 385 Å². The molecule has 3 N–H and O–H groups in total. The number of carbonyl (C=O) groups excluding carboxylic acids is 7. The summed E-state index contributed by atoms with van der Waals surface area (Å²) in [5, 5.41) is 30.4. The number of rotatable bonds is 21. The Bertz CT molecular complexity index is 4060. The number of hydrogen-bond acceptors (Lipinski definition) is 21. The molecule has 8 bridgehead atoms. The normalized spacial score (nSPS) is 31.1. The second-order valence-corrected chi connectivity index (χ2v) is 42.9. The van der Waals surface area contributed by atoms with Crippen molar-refractivity contribution >= 4 is 41.8 Å². The smallest absolute Gasteiger partial charge is 0.428 e. The first-order valence-corrected chi connectivity index (χ1v) is 50.2. The minimum Gasteiger partial charge on any atom is -0.505 e. The average molecular weight is 2040 g/mol. The van der Waals surface area contributed by atoms with Gasteiger partial charge in [0.2, 0.25) is 11.2 Å². The van der Waals surface area contributed by atoms with Crippen LogP contribution in [0.3, 0.4) is 0 Å². The topological polar surface area (TPSA) is 282 Å².